The molecule has 20 heavy (non-hydrogen) atoms. The molecule has 0 aliphatic carbocycles. The van der Waals surface area contributed by atoms with Crippen LogP contribution in [0, 0.1) is 0 Å². The second kappa shape index (κ2) is 7.73. The van der Waals surface area contributed by atoms with Gasteiger partial charge in [-0.15, -0.1) is 0 Å². The van der Waals surface area contributed by atoms with Crippen molar-refractivity contribution in [3.05, 3.63) is 42.7 Å². The molecule has 1 unspecified atom stereocenters. The van der Waals surface area contributed by atoms with Crippen LogP contribution in [0.4, 0.5) is 5.69 Å². The van der Waals surface area contributed by atoms with Crippen LogP contribution in [0.1, 0.15) is 46.0 Å². The lowest BCUT2D eigenvalue weighted by Crippen LogP contribution is -2.14. The van der Waals surface area contributed by atoms with Gasteiger partial charge in [0.1, 0.15) is 0 Å². The zero-order chi connectivity index (χ0) is 14.2. The van der Waals surface area contributed by atoms with Crippen LogP contribution in [-0.2, 0) is 0 Å². The lowest BCUT2D eigenvalue weighted by Gasteiger charge is -2.15. The number of hydrogen-bond acceptors (Lipinski definition) is 2. The second-order valence-corrected chi connectivity index (χ2v) is 5.39. The van der Waals surface area contributed by atoms with Crippen molar-refractivity contribution in [3.63, 3.8) is 0 Å². The van der Waals surface area contributed by atoms with Crippen molar-refractivity contribution >= 4 is 5.69 Å². The monoisotopic (exact) mass is 271 g/mol. The quantitative estimate of drug-likeness (QED) is 0.709. The van der Waals surface area contributed by atoms with Gasteiger partial charge in [0, 0.05) is 24.1 Å². The first kappa shape index (κ1) is 14.6. The molecule has 3 nitrogen and oxygen atoms in total. The van der Waals surface area contributed by atoms with E-state index >= 15 is 0 Å². The molecule has 1 aromatic carbocycles. The molecule has 0 aliphatic rings. The van der Waals surface area contributed by atoms with Crippen LogP contribution in [0.25, 0.3) is 5.69 Å². The predicted octanol–water partition coefficient (Wildman–Crippen LogP) is 4.64. The molecule has 0 saturated carbocycles. The fourth-order valence-electron chi connectivity index (χ4n) is 2.37. The Morgan fingerprint density at radius 2 is 1.95 bits per heavy atom. The molecular weight excluding hydrogens is 246 g/mol. The Hall–Kier alpha value is -1.77. The second-order valence-electron chi connectivity index (χ2n) is 5.39. The molecule has 1 aromatic heterocycles. The van der Waals surface area contributed by atoms with E-state index in [1.165, 1.54) is 37.8 Å². The third-order valence-electron chi connectivity index (χ3n) is 3.54. The largest absolute Gasteiger partial charge is 0.383 e. The molecule has 2 aromatic rings. The van der Waals surface area contributed by atoms with E-state index in [9.17, 15) is 0 Å². The van der Waals surface area contributed by atoms with Gasteiger partial charge in [0.15, 0.2) is 0 Å². The van der Waals surface area contributed by atoms with Gasteiger partial charge in [-0.3, -0.25) is 0 Å². The molecule has 0 aliphatic heterocycles. The number of unbranched alkanes of at least 4 members (excludes halogenated alkanes) is 3. The Bertz CT molecular complexity index is 473. The average molecular weight is 271 g/mol. The molecule has 0 radical (unpaired) electrons. The lowest BCUT2D eigenvalue weighted by atomic mass is 10.1. The molecule has 0 fully saturated rings. The summed E-state index contributed by atoms with van der Waals surface area (Å²) in [7, 11) is 0. The normalized spacial score (nSPS) is 12.3. The Morgan fingerprint density at radius 3 is 2.60 bits per heavy atom. The van der Waals surface area contributed by atoms with Gasteiger partial charge in [-0.2, -0.15) is 5.10 Å². The molecule has 0 bridgehead atoms. The lowest BCUT2D eigenvalue weighted by molar-refractivity contribution is 0.594. The SMILES string of the molecule is CCCCCCC(C)Nc1ccc(-n2cccn2)cc1. The highest BCUT2D eigenvalue weighted by atomic mass is 15.3. The molecule has 0 amide bonds. The number of anilines is 1. The summed E-state index contributed by atoms with van der Waals surface area (Å²) < 4.78 is 1.87. The highest BCUT2D eigenvalue weighted by Crippen LogP contribution is 2.15. The smallest absolute Gasteiger partial charge is 0.0647 e. The van der Waals surface area contributed by atoms with E-state index in [1.807, 2.05) is 16.9 Å². The maximum atomic E-state index is 4.23. The van der Waals surface area contributed by atoms with Crippen LogP contribution in [0.15, 0.2) is 42.7 Å². The molecule has 2 rings (SSSR count). The first-order chi connectivity index (χ1) is 9.79. The Kier molecular flexibility index (Phi) is 5.66. The summed E-state index contributed by atoms with van der Waals surface area (Å²) in [6.07, 6.45) is 10.3. The van der Waals surface area contributed by atoms with Gasteiger partial charge in [0.2, 0.25) is 0 Å². The predicted molar refractivity (Wildman–Crippen MR) is 85.4 cm³/mol. The van der Waals surface area contributed by atoms with E-state index in [0.717, 1.165) is 5.69 Å². The summed E-state index contributed by atoms with van der Waals surface area (Å²) in [5, 5.41) is 7.79. The van der Waals surface area contributed by atoms with Crippen LogP contribution >= 0.6 is 0 Å². The standard InChI is InChI=1S/C17H25N3/c1-3-4-5-6-8-15(2)19-16-9-11-17(12-10-16)20-14-7-13-18-20/h7,9-15,19H,3-6,8H2,1-2H3. The van der Waals surface area contributed by atoms with E-state index in [-0.39, 0.29) is 0 Å². The summed E-state index contributed by atoms with van der Waals surface area (Å²) in [5.74, 6) is 0. The Morgan fingerprint density at radius 1 is 1.15 bits per heavy atom. The maximum Gasteiger partial charge on any atom is 0.0647 e. The summed E-state index contributed by atoms with van der Waals surface area (Å²) >= 11 is 0. The highest BCUT2D eigenvalue weighted by Gasteiger charge is 2.02. The van der Waals surface area contributed by atoms with E-state index in [0.29, 0.717) is 6.04 Å². The Balaban J connectivity index is 1.81. The first-order valence-corrected chi connectivity index (χ1v) is 7.66. The van der Waals surface area contributed by atoms with E-state index in [2.05, 4.69) is 48.5 Å². The van der Waals surface area contributed by atoms with Gasteiger partial charge in [-0.1, -0.05) is 32.6 Å². The summed E-state index contributed by atoms with van der Waals surface area (Å²) in [6, 6.07) is 10.9. The molecule has 1 N–H and O–H groups in total. The van der Waals surface area contributed by atoms with Crippen LogP contribution in [0.3, 0.4) is 0 Å². The minimum Gasteiger partial charge on any atom is -0.383 e. The van der Waals surface area contributed by atoms with Crippen LogP contribution < -0.4 is 5.32 Å². The van der Waals surface area contributed by atoms with Crippen molar-refractivity contribution in [2.24, 2.45) is 0 Å². The molecule has 0 saturated heterocycles. The van der Waals surface area contributed by atoms with Crippen molar-refractivity contribution in [1.29, 1.82) is 0 Å². The van der Waals surface area contributed by atoms with Gasteiger partial charge >= 0.3 is 0 Å². The van der Waals surface area contributed by atoms with E-state index in [1.54, 1.807) is 6.20 Å². The minimum absolute atomic E-state index is 0.530. The van der Waals surface area contributed by atoms with Crippen LogP contribution in [0.5, 0.6) is 0 Å². The number of hydrogen-bond donors (Lipinski definition) is 1. The molecule has 1 atom stereocenters. The van der Waals surface area contributed by atoms with Gasteiger partial charge in [-0.25, -0.2) is 4.68 Å². The molecule has 0 spiro atoms. The van der Waals surface area contributed by atoms with Crippen molar-refractivity contribution in [1.82, 2.24) is 9.78 Å². The number of nitrogens with zero attached hydrogens (tertiary/aromatic N) is 2. The van der Waals surface area contributed by atoms with Crippen molar-refractivity contribution in [2.45, 2.75) is 52.0 Å². The Labute approximate surface area is 122 Å². The average Bonchev–Trinajstić information content (AvgIpc) is 2.99. The summed E-state index contributed by atoms with van der Waals surface area (Å²) in [5.41, 5.74) is 2.28. The summed E-state index contributed by atoms with van der Waals surface area (Å²) in [6.45, 7) is 4.51. The minimum atomic E-state index is 0.530. The third kappa shape index (κ3) is 4.41. The fraction of sp³-hybridized carbons (Fsp3) is 0.471. The zero-order valence-corrected chi connectivity index (χ0v) is 12.5. The van der Waals surface area contributed by atoms with Crippen LogP contribution in [-0.4, -0.2) is 15.8 Å². The number of aromatic nitrogens is 2. The number of benzene rings is 1. The topological polar surface area (TPSA) is 29.9 Å². The van der Waals surface area contributed by atoms with Gasteiger partial charge in [0.05, 0.1) is 5.69 Å². The molecule has 108 valence electrons. The summed E-state index contributed by atoms with van der Waals surface area (Å²) in [4.78, 5) is 0. The molecule has 1 heterocycles. The highest BCUT2D eigenvalue weighted by molar-refractivity contribution is 5.48. The van der Waals surface area contributed by atoms with Gasteiger partial charge in [-0.05, 0) is 43.7 Å². The molecule has 3 heteroatoms. The van der Waals surface area contributed by atoms with Crippen molar-refractivity contribution < 1.29 is 0 Å². The number of rotatable bonds is 8. The van der Waals surface area contributed by atoms with Crippen LogP contribution in [0.2, 0.25) is 0 Å². The van der Waals surface area contributed by atoms with Crippen molar-refractivity contribution in [2.75, 3.05) is 5.32 Å². The fourth-order valence-corrected chi connectivity index (χ4v) is 2.37. The van der Waals surface area contributed by atoms with Gasteiger partial charge in [0.25, 0.3) is 0 Å². The first-order valence-electron chi connectivity index (χ1n) is 7.66. The zero-order valence-electron chi connectivity index (χ0n) is 12.5. The third-order valence-corrected chi connectivity index (χ3v) is 3.54. The van der Waals surface area contributed by atoms with E-state index in [4.69, 9.17) is 0 Å². The molecular formula is C17H25N3. The van der Waals surface area contributed by atoms with Crippen molar-refractivity contribution in [3.8, 4) is 5.69 Å². The number of nitrogens with one attached hydrogen (secondary N) is 1. The van der Waals surface area contributed by atoms with E-state index < -0.39 is 0 Å². The maximum absolute atomic E-state index is 4.23. The van der Waals surface area contributed by atoms with Gasteiger partial charge < -0.3 is 5.32 Å².